The molecule has 1 aliphatic rings. The number of rotatable bonds is 11. The van der Waals surface area contributed by atoms with Gasteiger partial charge in [-0.3, -0.25) is 4.79 Å². The molecule has 1 N–H and O–H groups in total. The number of hydrogen-bond acceptors (Lipinski definition) is 9. The maximum atomic E-state index is 14.2. The third kappa shape index (κ3) is 6.21. The topological polar surface area (TPSA) is 100 Å². The molecule has 0 bridgehead atoms. The second-order valence-electron chi connectivity index (χ2n) is 10.1. The Bertz CT molecular complexity index is 1530. The van der Waals surface area contributed by atoms with E-state index in [1.54, 1.807) is 52.5 Å². The molecule has 1 heterocycles. The number of fused-ring (bicyclic) bond motifs is 1. The Morgan fingerprint density at radius 3 is 2.15 bits per heavy atom. The van der Waals surface area contributed by atoms with Crippen molar-refractivity contribution in [3.63, 3.8) is 0 Å². The normalized spacial score (nSPS) is 15.0. The number of carbonyl (C=O) groups excluding carboxylic acids is 1. The molecule has 1 aliphatic carbocycles. The highest BCUT2D eigenvalue weighted by Crippen LogP contribution is 2.42. The van der Waals surface area contributed by atoms with Gasteiger partial charge in [-0.25, -0.2) is 0 Å². The molecule has 5 rings (SSSR count). The number of aromatic nitrogens is 2. The van der Waals surface area contributed by atoms with Crippen molar-refractivity contribution in [2.75, 3.05) is 21.3 Å². The van der Waals surface area contributed by atoms with Gasteiger partial charge in [0, 0.05) is 17.6 Å². The molecule has 214 valence electrons. The first-order chi connectivity index (χ1) is 19.9. The van der Waals surface area contributed by atoms with Gasteiger partial charge in [-0.1, -0.05) is 6.07 Å². The van der Waals surface area contributed by atoms with Gasteiger partial charge in [-0.05, 0) is 97.8 Å². The molecule has 1 unspecified atom stereocenters. The van der Waals surface area contributed by atoms with E-state index in [4.69, 9.17) is 18.9 Å². The van der Waals surface area contributed by atoms with E-state index in [-0.39, 0.29) is 18.3 Å². The zero-order valence-corrected chi connectivity index (χ0v) is 24.5. The van der Waals surface area contributed by atoms with Gasteiger partial charge in [0.25, 0.3) is 0 Å². The van der Waals surface area contributed by atoms with E-state index in [0.29, 0.717) is 50.8 Å². The van der Waals surface area contributed by atoms with Crippen LogP contribution in [0.1, 0.15) is 54.1 Å². The lowest BCUT2D eigenvalue weighted by Gasteiger charge is -2.21. The van der Waals surface area contributed by atoms with E-state index >= 15 is 0 Å². The van der Waals surface area contributed by atoms with E-state index in [9.17, 15) is 9.90 Å². The number of ketones is 1. The van der Waals surface area contributed by atoms with Crippen LogP contribution in [0.15, 0.2) is 60.2 Å². The standard InChI is InChI=1S/C32H34N2O6S/c1-19(35)30(22-11-14-26-27(18-22)34-41-33-26)25(31(36)21-9-12-23(37-2)13-10-21)15-20-16-28(38-3)32(29(17-20)39-4)40-24-7-5-6-8-24/h9-14,16-19,24,35H,5-8,15H2,1-4H3/b30-25+. The monoisotopic (exact) mass is 574 g/mol. The van der Waals surface area contributed by atoms with Crippen LogP contribution in [0.2, 0.25) is 0 Å². The number of carbonyl (C=O) groups is 1. The number of hydrogen-bond donors (Lipinski definition) is 1. The first-order valence-corrected chi connectivity index (χ1v) is 14.4. The van der Waals surface area contributed by atoms with Gasteiger partial charge in [0.1, 0.15) is 16.8 Å². The Kier molecular flexibility index (Phi) is 8.85. The molecule has 0 radical (unpaired) electrons. The van der Waals surface area contributed by atoms with Crippen LogP contribution in [-0.4, -0.2) is 53.2 Å². The maximum absolute atomic E-state index is 14.2. The van der Waals surface area contributed by atoms with E-state index in [2.05, 4.69) is 8.75 Å². The Balaban J connectivity index is 1.63. The van der Waals surface area contributed by atoms with Crippen molar-refractivity contribution in [2.45, 2.75) is 51.2 Å². The highest BCUT2D eigenvalue weighted by molar-refractivity contribution is 7.00. The predicted octanol–water partition coefficient (Wildman–Crippen LogP) is 6.30. The van der Waals surface area contributed by atoms with Crippen LogP contribution in [0, 0.1) is 0 Å². The first kappa shape index (κ1) is 28.6. The average Bonchev–Trinajstić information content (AvgIpc) is 3.69. The van der Waals surface area contributed by atoms with Crippen LogP contribution < -0.4 is 18.9 Å². The number of nitrogens with zero attached hydrogens (tertiary/aromatic N) is 2. The van der Waals surface area contributed by atoms with E-state index in [1.165, 1.54) is 0 Å². The Labute approximate surface area is 243 Å². The lowest BCUT2D eigenvalue weighted by Crippen LogP contribution is -2.16. The van der Waals surface area contributed by atoms with Crippen molar-refractivity contribution in [1.29, 1.82) is 0 Å². The summed E-state index contributed by atoms with van der Waals surface area (Å²) in [4.78, 5) is 14.2. The van der Waals surface area contributed by atoms with Gasteiger partial charge in [0.2, 0.25) is 5.75 Å². The van der Waals surface area contributed by atoms with Gasteiger partial charge < -0.3 is 24.1 Å². The van der Waals surface area contributed by atoms with Crippen molar-refractivity contribution in [1.82, 2.24) is 8.75 Å². The number of aliphatic hydroxyl groups excluding tert-OH is 1. The summed E-state index contributed by atoms with van der Waals surface area (Å²) in [6, 6.07) is 16.3. The third-order valence-electron chi connectivity index (χ3n) is 7.42. The summed E-state index contributed by atoms with van der Waals surface area (Å²) in [7, 11) is 4.77. The number of aliphatic hydroxyl groups is 1. The van der Waals surface area contributed by atoms with Crippen LogP contribution in [0.4, 0.5) is 0 Å². The number of Topliss-reactive ketones (excluding diaryl/α,β-unsaturated/α-hetero) is 1. The number of benzene rings is 3. The average molecular weight is 575 g/mol. The van der Waals surface area contributed by atoms with E-state index in [0.717, 1.165) is 48.5 Å². The first-order valence-electron chi connectivity index (χ1n) is 13.7. The Morgan fingerprint density at radius 2 is 1.54 bits per heavy atom. The van der Waals surface area contributed by atoms with Gasteiger partial charge >= 0.3 is 0 Å². The van der Waals surface area contributed by atoms with Crippen LogP contribution in [0.3, 0.4) is 0 Å². The molecular weight excluding hydrogens is 540 g/mol. The second kappa shape index (κ2) is 12.7. The molecule has 8 nitrogen and oxygen atoms in total. The molecule has 0 amide bonds. The minimum atomic E-state index is -0.940. The SMILES string of the molecule is COc1ccc(C(=O)/C(Cc2cc(OC)c(OC3CCCC3)c(OC)c2)=C(/c2ccc3nsnc3c2)C(C)O)cc1. The van der Waals surface area contributed by atoms with Gasteiger partial charge in [0.15, 0.2) is 17.3 Å². The van der Waals surface area contributed by atoms with Crippen LogP contribution >= 0.6 is 11.7 Å². The Hall–Kier alpha value is -3.95. The molecule has 0 aliphatic heterocycles. The lowest BCUT2D eigenvalue weighted by molar-refractivity contribution is 0.103. The number of allylic oxidation sites excluding steroid dienone is 1. The summed E-state index contributed by atoms with van der Waals surface area (Å²) in [5, 5.41) is 11.1. The molecule has 41 heavy (non-hydrogen) atoms. The van der Waals surface area contributed by atoms with Crippen molar-refractivity contribution < 1.29 is 28.8 Å². The minimum Gasteiger partial charge on any atom is -0.497 e. The summed E-state index contributed by atoms with van der Waals surface area (Å²) in [6.07, 6.45) is 3.66. The zero-order chi connectivity index (χ0) is 28.9. The molecule has 1 fully saturated rings. The number of methoxy groups -OCH3 is 3. The van der Waals surface area contributed by atoms with E-state index in [1.807, 2.05) is 30.3 Å². The highest BCUT2D eigenvalue weighted by Gasteiger charge is 2.26. The molecule has 1 saturated carbocycles. The molecule has 1 aromatic heterocycles. The summed E-state index contributed by atoms with van der Waals surface area (Å²) >= 11 is 1.12. The highest BCUT2D eigenvalue weighted by atomic mass is 32.1. The van der Waals surface area contributed by atoms with Gasteiger partial charge in [0.05, 0.1) is 45.3 Å². The van der Waals surface area contributed by atoms with Crippen LogP contribution in [0.25, 0.3) is 16.6 Å². The summed E-state index contributed by atoms with van der Waals surface area (Å²) in [6.45, 7) is 1.67. The largest absolute Gasteiger partial charge is 0.497 e. The molecular formula is C32H34N2O6S. The molecule has 4 aromatic rings. The third-order valence-corrected chi connectivity index (χ3v) is 7.98. The van der Waals surface area contributed by atoms with Crippen LogP contribution in [-0.2, 0) is 6.42 Å². The summed E-state index contributed by atoms with van der Waals surface area (Å²) < 4.78 is 31.7. The lowest BCUT2D eigenvalue weighted by atomic mass is 9.87. The maximum Gasteiger partial charge on any atom is 0.203 e. The van der Waals surface area contributed by atoms with Crippen molar-refractivity contribution >= 4 is 34.1 Å². The summed E-state index contributed by atoms with van der Waals surface area (Å²) in [5.74, 6) is 2.09. The molecule has 1 atom stereocenters. The predicted molar refractivity (Wildman–Crippen MR) is 159 cm³/mol. The smallest absolute Gasteiger partial charge is 0.203 e. The number of ether oxygens (including phenoxy) is 4. The van der Waals surface area contributed by atoms with Gasteiger partial charge in [-0.15, -0.1) is 0 Å². The van der Waals surface area contributed by atoms with Crippen molar-refractivity contribution in [2.24, 2.45) is 0 Å². The molecule has 0 spiro atoms. The quantitative estimate of drug-likeness (QED) is 0.165. The molecule has 9 heteroatoms. The fourth-order valence-corrected chi connectivity index (χ4v) is 5.88. The molecule has 3 aromatic carbocycles. The fraction of sp³-hybridized carbons (Fsp3) is 0.344. The van der Waals surface area contributed by atoms with E-state index < -0.39 is 6.10 Å². The second-order valence-corrected chi connectivity index (χ2v) is 10.7. The zero-order valence-electron chi connectivity index (χ0n) is 23.7. The van der Waals surface area contributed by atoms with Crippen molar-refractivity contribution in [3.05, 3.63) is 76.9 Å². The Morgan fingerprint density at radius 1 is 0.902 bits per heavy atom. The summed E-state index contributed by atoms with van der Waals surface area (Å²) in [5.41, 5.74) is 4.40. The van der Waals surface area contributed by atoms with Crippen molar-refractivity contribution in [3.8, 4) is 23.0 Å². The fourth-order valence-electron chi connectivity index (χ4n) is 5.36. The minimum absolute atomic E-state index is 0.118. The molecule has 0 saturated heterocycles. The van der Waals surface area contributed by atoms with Crippen LogP contribution in [0.5, 0.6) is 23.0 Å². The van der Waals surface area contributed by atoms with Gasteiger partial charge in [-0.2, -0.15) is 8.75 Å².